The number of carboxylic acid groups (broad SMARTS) is 2. The van der Waals surface area contributed by atoms with E-state index in [2.05, 4.69) is 38.9 Å². The number of rotatable bonds is 5. The minimum atomic E-state index is -1.26. The molecule has 4 aliphatic carbocycles. The molecule has 0 aliphatic heterocycles. The van der Waals surface area contributed by atoms with Crippen molar-refractivity contribution in [2.75, 3.05) is 13.2 Å². The summed E-state index contributed by atoms with van der Waals surface area (Å²) < 4.78 is 0. The standard InChI is InChI=1S/C23H38N2O2.C4H4O4/c1-21(2)18-7-5-15-16-6-8-20(26)23(16,4)11-9-17(15)22(18,3)12-10-19(21)25-27-14-13-24;5-3(6)1-2-4(7)8/h7,15-17,20,26H,5-6,8-14,24H2,1-4H3;1-2H,(H,5,6)(H,7,8)/b25-19+;2-1+/t15-,16-,17-,20-,22+,23-;/m0./s1. The molecule has 4 rings (SSSR count). The van der Waals surface area contributed by atoms with Crippen LogP contribution in [0.15, 0.2) is 29.0 Å². The molecule has 0 aromatic rings. The minimum Gasteiger partial charge on any atom is -0.478 e. The molecule has 35 heavy (non-hydrogen) atoms. The zero-order chi connectivity index (χ0) is 26.0. The molecule has 0 saturated heterocycles. The molecular weight excluding hydrogens is 448 g/mol. The lowest BCUT2D eigenvalue weighted by atomic mass is 9.45. The monoisotopic (exact) mass is 490 g/mol. The van der Waals surface area contributed by atoms with Crippen LogP contribution in [0.4, 0.5) is 0 Å². The maximum atomic E-state index is 10.6. The van der Waals surface area contributed by atoms with Gasteiger partial charge in [0.25, 0.3) is 0 Å². The topological polar surface area (TPSA) is 142 Å². The van der Waals surface area contributed by atoms with E-state index in [9.17, 15) is 14.7 Å². The molecule has 0 heterocycles. The second-order valence-corrected chi connectivity index (χ2v) is 11.6. The van der Waals surface area contributed by atoms with Crippen LogP contribution >= 0.6 is 0 Å². The maximum Gasteiger partial charge on any atom is 0.328 e. The zero-order valence-electron chi connectivity index (χ0n) is 21.5. The van der Waals surface area contributed by atoms with Crippen molar-refractivity contribution in [1.82, 2.24) is 0 Å². The number of carbonyl (C=O) groups is 2. The third kappa shape index (κ3) is 5.19. The molecule has 8 heteroatoms. The van der Waals surface area contributed by atoms with Gasteiger partial charge in [-0.05, 0) is 73.5 Å². The van der Waals surface area contributed by atoms with Crippen LogP contribution in [0.2, 0.25) is 0 Å². The highest BCUT2D eigenvalue weighted by Gasteiger charge is 2.60. The molecule has 4 aliphatic rings. The lowest BCUT2D eigenvalue weighted by Crippen LogP contribution is -2.54. The number of hydrogen-bond donors (Lipinski definition) is 4. The van der Waals surface area contributed by atoms with Gasteiger partial charge in [0, 0.05) is 24.1 Å². The van der Waals surface area contributed by atoms with E-state index in [-0.39, 0.29) is 22.3 Å². The summed E-state index contributed by atoms with van der Waals surface area (Å²) in [6.07, 6.45) is 11.6. The van der Waals surface area contributed by atoms with Gasteiger partial charge in [-0.2, -0.15) is 0 Å². The van der Waals surface area contributed by atoms with E-state index in [1.54, 1.807) is 5.57 Å². The molecule has 0 aromatic carbocycles. The summed E-state index contributed by atoms with van der Waals surface area (Å²) >= 11 is 0. The van der Waals surface area contributed by atoms with E-state index in [1.807, 2.05) is 0 Å². The quantitative estimate of drug-likeness (QED) is 0.197. The van der Waals surface area contributed by atoms with Gasteiger partial charge in [0.05, 0.1) is 11.8 Å². The number of carboxylic acids is 2. The fraction of sp³-hybridized carbons (Fsp3) is 0.741. The normalized spacial score (nSPS) is 38.5. The molecule has 0 bridgehead atoms. The van der Waals surface area contributed by atoms with Crippen LogP contribution in [-0.4, -0.2) is 52.2 Å². The fourth-order valence-electron chi connectivity index (χ4n) is 7.68. The number of aliphatic carboxylic acids is 2. The van der Waals surface area contributed by atoms with E-state index in [1.165, 1.54) is 37.8 Å². The second kappa shape index (κ2) is 10.4. The van der Waals surface area contributed by atoms with Crippen molar-refractivity contribution < 1.29 is 29.7 Å². The molecule has 0 unspecified atom stereocenters. The van der Waals surface area contributed by atoms with Crippen LogP contribution < -0.4 is 5.73 Å². The Balaban J connectivity index is 0.000000371. The van der Waals surface area contributed by atoms with Crippen molar-refractivity contribution in [3.05, 3.63) is 23.8 Å². The number of allylic oxidation sites excluding steroid dienone is 2. The fourth-order valence-corrected chi connectivity index (χ4v) is 7.68. The highest BCUT2D eigenvalue weighted by atomic mass is 16.6. The van der Waals surface area contributed by atoms with Gasteiger partial charge in [-0.3, -0.25) is 0 Å². The summed E-state index contributed by atoms with van der Waals surface area (Å²) in [5, 5.41) is 30.8. The van der Waals surface area contributed by atoms with Gasteiger partial charge in [0.15, 0.2) is 0 Å². The molecule has 3 saturated carbocycles. The first kappa shape index (κ1) is 27.4. The predicted octanol–water partition coefficient (Wildman–Crippen LogP) is 3.99. The van der Waals surface area contributed by atoms with Crippen LogP contribution in [-0.2, 0) is 14.4 Å². The summed E-state index contributed by atoms with van der Waals surface area (Å²) in [6, 6.07) is 0. The summed E-state index contributed by atoms with van der Waals surface area (Å²) in [6.45, 7) is 10.5. The van der Waals surface area contributed by atoms with E-state index in [0.29, 0.717) is 31.2 Å². The number of aliphatic hydroxyl groups excluding tert-OH is 1. The van der Waals surface area contributed by atoms with Gasteiger partial charge >= 0.3 is 11.9 Å². The van der Waals surface area contributed by atoms with Gasteiger partial charge in [0.2, 0.25) is 0 Å². The highest BCUT2D eigenvalue weighted by molar-refractivity contribution is 5.93. The summed E-state index contributed by atoms with van der Waals surface area (Å²) in [5.41, 5.74) is 8.68. The van der Waals surface area contributed by atoms with Crippen LogP contribution in [0.3, 0.4) is 0 Å². The molecule has 0 aromatic heterocycles. The summed E-state index contributed by atoms with van der Waals surface area (Å²) in [4.78, 5) is 24.6. The Hall–Kier alpha value is -2.19. The van der Waals surface area contributed by atoms with Gasteiger partial charge in [0.1, 0.15) is 6.61 Å². The first-order chi connectivity index (χ1) is 16.4. The lowest BCUT2D eigenvalue weighted by Gasteiger charge is -2.60. The maximum absolute atomic E-state index is 10.6. The Labute approximate surface area is 208 Å². The van der Waals surface area contributed by atoms with Crippen LogP contribution in [0.1, 0.15) is 72.6 Å². The molecule has 0 amide bonds. The predicted molar refractivity (Wildman–Crippen MR) is 134 cm³/mol. The molecule has 196 valence electrons. The van der Waals surface area contributed by atoms with Crippen molar-refractivity contribution in [2.24, 2.45) is 44.9 Å². The van der Waals surface area contributed by atoms with Crippen molar-refractivity contribution in [3.8, 4) is 0 Å². The molecule has 6 atom stereocenters. The van der Waals surface area contributed by atoms with Gasteiger partial charge in [-0.25, -0.2) is 9.59 Å². The lowest BCUT2D eigenvalue weighted by molar-refractivity contribution is -0.134. The number of nitrogens with two attached hydrogens (primary N) is 1. The third-order valence-electron chi connectivity index (χ3n) is 9.44. The minimum absolute atomic E-state index is 0.0392. The molecule has 0 radical (unpaired) electrons. The van der Waals surface area contributed by atoms with Gasteiger partial charge in [-0.15, -0.1) is 0 Å². The Morgan fingerprint density at radius 3 is 2.34 bits per heavy atom. The largest absolute Gasteiger partial charge is 0.478 e. The summed E-state index contributed by atoms with van der Waals surface area (Å²) in [5.74, 6) is -0.351. The smallest absolute Gasteiger partial charge is 0.328 e. The van der Waals surface area contributed by atoms with E-state index in [0.717, 1.165) is 24.7 Å². The number of aliphatic hydroxyl groups is 1. The Morgan fingerprint density at radius 1 is 1.09 bits per heavy atom. The Morgan fingerprint density at radius 2 is 1.74 bits per heavy atom. The summed E-state index contributed by atoms with van der Waals surface area (Å²) in [7, 11) is 0. The number of nitrogens with zero attached hydrogens (tertiary/aromatic N) is 1. The Kier molecular flexibility index (Phi) is 8.16. The van der Waals surface area contributed by atoms with E-state index >= 15 is 0 Å². The van der Waals surface area contributed by atoms with Crippen molar-refractivity contribution in [1.29, 1.82) is 0 Å². The highest BCUT2D eigenvalue weighted by Crippen LogP contribution is 2.66. The number of fused-ring (bicyclic) bond motifs is 5. The average molecular weight is 491 g/mol. The first-order valence-electron chi connectivity index (χ1n) is 12.8. The van der Waals surface area contributed by atoms with Crippen molar-refractivity contribution in [3.63, 3.8) is 0 Å². The number of hydrogen-bond acceptors (Lipinski definition) is 6. The van der Waals surface area contributed by atoms with Crippen molar-refractivity contribution >= 4 is 17.7 Å². The Bertz CT molecular complexity index is 893. The van der Waals surface area contributed by atoms with E-state index < -0.39 is 11.9 Å². The van der Waals surface area contributed by atoms with Crippen LogP contribution in [0.25, 0.3) is 0 Å². The SMILES string of the molecule is CC1(C)C2=CC[C@H]3[C@@H]4CC[C@H](O)[C@@]4(C)CC[C@@H]3[C@@]2(C)CC/C1=N\OCCN.O=C(O)/C=C/C(=O)O. The molecule has 5 N–H and O–H groups in total. The van der Waals surface area contributed by atoms with E-state index in [4.69, 9.17) is 20.8 Å². The zero-order valence-corrected chi connectivity index (χ0v) is 21.5. The molecule has 8 nitrogen and oxygen atoms in total. The van der Waals surface area contributed by atoms with Crippen LogP contribution in [0, 0.1) is 34.0 Å². The third-order valence-corrected chi connectivity index (χ3v) is 9.44. The first-order valence-corrected chi connectivity index (χ1v) is 12.8. The van der Waals surface area contributed by atoms with Gasteiger partial charge in [-0.1, -0.05) is 44.5 Å². The molecule has 3 fully saturated rings. The number of oxime groups is 1. The average Bonchev–Trinajstić information content (AvgIpc) is 3.09. The van der Waals surface area contributed by atoms with Crippen molar-refractivity contribution in [2.45, 2.75) is 78.7 Å². The molecule has 0 spiro atoms. The second-order valence-electron chi connectivity index (χ2n) is 11.6. The van der Waals surface area contributed by atoms with Crippen LogP contribution in [0.5, 0.6) is 0 Å². The molecular formula is C27H42N2O6. The van der Waals surface area contributed by atoms with Gasteiger partial charge < -0.3 is 25.9 Å².